The van der Waals surface area contributed by atoms with Crippen LogP contribution in [0.15, 0.2) is 83.7 Å². The van der Waals surface area contributed by atoms with Crippen LogP contribution < -0.4 is 17.2 Å². The maximum absolute atomic E-state index is 11.6. The van der Waals surface area contributed by atoms with Gasteiger partial charge in [0.1, 0.15) is 5.82 Å². The molecule has 9 nitrogen and oxygen atoms in total. The van der Waals surface area contributed by atoms with Crippen LogP contribution in [0.5, 0.6) is 0 Å². The van der Waals surface area contributed by atoms with Crippen molar-refractivity contribution < 1.29 is 0 Å². The van der Waals surface area contributed by atoms with E-state index in [4.69, 9.17) is 16.5 Å². The molecule has 0 radical (unpaired) electrons. The largest absolute Gasteiger partial charge is 0.383 e. The van der Waals surface area contributed by atoms with Gasteiger partial charge in [-0.25, -0.2) is 9.78 Å². The number of nitrogens with one attached hydrogen (secondary N) is 2. The number of hydrogen-bond donors (Lipinski definition) is 4. The number of aromatic amines is 2. The Bertz CT molecular complexity index is 1920. The summed E-state index contributed by atoms with van der Waals surface area (Å²) in [5.41, 5.74) is 20.5. The SMILES string of the molecule is Nc1nc(N)c2cc(-c3ccccc3)c(-c3ccc(CN4CCC(c5ccc6[nH]c(=O)[nH]c6c5)CC4)cc3)nc2n1. The van der Waals surface area contributed by atoms with E-state index in [1.54, 1.807) is 0 Å². The summed E-state index contributed by atoms with van der Waals surface area (Å²) in [6.45, 7) is 2.95. The fourth-order valence-electron chi connectivity index (χ4n) is 5.91. The lowest BCUT2D eigenvalue weighted by atomic mass is 9.89. The Kier molecular flexibility index (Phi) is 6.20. The number of nitrogen functional groups attached to an aromatic ring is 2. The van der Waals surface area contributed by atoms with E-state index in [0.29, 0.717) is 22.8 Å². The molecule has 0 spiro atoms. The molecule has 0 amide bonds. The first-order valence-electron chi connectivity index (χ1n) is 13.8. The van der Waals surface area contributed by atoms with Crippen molar-refractivity contribution in [2.45, 2.75) is 25.3 Å². The first kappa shape index (κ1) is 25.0. The Morgan fingerprint density at radius 1 is 0.805 bits per heavy atom. The molecule has 1 aliphatic heterocycles. The van der Waals surface area contributed by atoms with Gasteiger partial charge in [0.05, 0.1) is 22.1 Å². The Morgan fingerprint density at radius 3 is 2.34 bits per heavy atom. The molecular formula is C32H30N8O. The van der Waals surface area contributed by atoms with Crippen LogP contribution >= 0.6 is 0 Å². The Morgan fingerprint density at radius 2 is 1.56 bits per heavy atom. The Hall–Kier alpha value is -5.02. The second kappa shape index (κ2) is 10.2. The summed E-state index contributed by atoms with van der Waals surface area (Å²) in [6.07, 6.45) is 2.18. The molecule has 6 aromatic rings. The number of pyridine rings is 1. The number of H-pyrrole nitrogens is 2. The number of rotatable bonds is 5. The smallest absolute Gasteiger partial charge is 0.323 e. The predicted octanol–water partition coefficient (Wildman–Crippen LogP) is 5.07. The summed E-state index contributed by atoms with van der Waals surface area (Å²) in [4.78, 5) is 33.2. The minimum absolute atomic E-state index is 0.111. The molecule has 9 heteroatoms. The van der Waals surface area contributed by atoms with Gasteiger partial charge in [0.2, 0.25) is 5.95 Å². The quantitative estimate of drug-likeness (QED) is 0.238. The zero-order chi connectivity index (χ0) is 27.9. The van der Waals surface area contributed by atoms with Gasteiger partial charge in [0, 0.05) is 17.7 Å². The average molecular weight is 543 g/mol. The molecule has 204 valence electrons. The molecule has 6 N–H and O–H groups in total. The van der Waals surface area contributed by atoms with Crippen LogP contribution in [-0.2, 0) is 6.54 Å². The van der Waals surface area contributed by atoms with Gasteiger partial charge < -0.3 is 21.4 Å². The fraction of sp³-hybridized carbons (Fsp3) is 0.188. The standard InChI is InChI=1S/C32H30N8O/c33-29-25-17-24(21-4-2-1-3-5-21)28(37-30(25)39-31(34)38-29)22-8-6-19(7-9-22)18-40-14-12-20(13-15-40)23-10-11-26-27(16-23)36-32(41)35-26/h1-11,16-17,20H,12-15,18H2,(H2,35,36,41)(H4,33,34,37,38,39). The van der Waals surface area contributed by atoms with E-state index >= 15 is 0 Å². The topological polar surface area (TPSA) is 143 Å². The highest BCUT2D eigenvalue weighted by Crippen LogP contribution is 2.35. The van der Waals surface area contributed by atoms with Crippen molar-refractivity contribution >= 4 is 33.8 Å². The summed E-state index contributed by atoms with van der Waals surface area (Å²) in [5.74, 6) is 0.932. The van der Waals surface area contributed by atoms with Crippen LogP contribution in [0, 0.1) is 0 Å². The van der Waals surface area contributed by atoms with Gasteiger partial charge in [-0.3, -0.25) is 4.90 Å². The summed E-state index contributed by atoms with van der Waals surface area (Å²) in [7, 11) is 0. The summed E-state index contributed by atoms with van der Waals surface area (Å²) in [6, 6.07) is 27.0. The van der Waals surface area contributed by atoms with Crippen molar-refractivity contribution in [3.63, 3.8) is 0 Å². The van der Waals surface area contributed by atoms with Gasteiger partial charge in [0.15, 0.2) is 5.65 Å². The molecule has 7 rings (SSSR count). The fourth-order valence-corrected chi connectivity index (χ4v) is 5.91. The first-order valence-corrected chi connectivity index (χ1v) is 13.8. The van der Waals surface area contributed by atoms with Crippen LogP contribution in [0.4, 0.5) is 11.8 Å². The first-order chi connectivity index (χ1) is 20.0. The van der Waals surface area contributed by atoms with E-state index in [1.165, 1.54) is 11.1 Å². The highest BCUT2D eigenvalue weighted by molar-refractivity contribution is 5.95. The van der Waals surface area contributed by atoms with E-state index in [9.17, 15) is 4.79 Å². The molecule has 1 saturated heterocycles. The predicted molar refractivity (Wildman–Crippen MR) is 163 cm³/mol. The molecule has 1 fully saturated rings. The van der Waals surface area contributed by atoms with Gasteiger partial charge in [-0.1, -0.05) is 60.7 Å². The number of nitrogens with zero attached hydrogens (tertiary/aromatic N) is 4. The third-order valence-corrected chi connectivity index (χ3v) is 8.05. The minimum Gasteiger partial charge on any atom is -0.383 e. The molecule has 0 bridgehead atoms. The lowest BCUT2D eigenvalue weighted by Gasteiger charge is -2.32. The Balaban J connectivity index is 1.10. The molecule has 0 unspecified atom stereocenters. The molecule has 3 aromatic carbocycles. The van der Waals surface area contributed by atoms with E-state index in [2.05, 4.69) is 73.4 Å². The maximum Gasteiger partial charge on any atom is 0.323 e. The van der Waals surface area contributed by atoms with Gasteiger partial charge in [0.25, 0.3) is 0 Å². The van der Waals surface area contributed by atoms with E-state index in [-0.39, 0.29) is 11.6 Å². The number of fused-ring (bicyclic) bond motifs is 2. The van der Waals surface area contributed by atoms with E-state index < -0.39 is 0 Å². The molecule has 3 aromatic heterocycles. The van der Waals surface area contributed by atoms with Crippen LogP contribution in [-0.4, -0.2) is 42.9 Å². The second-order valence-corrected chi connectivity index (χ2v) is 10.7. The number of anilines is 2. The van der Waals surface area contributed by atoms with Gasteiger partial charge in [-0.2, -0.15) is 9.97 Å². The normalized spacial score (nSPS) is 14.6. The average Bonchev–Trinajstić information content (AvgIpc) is 3.37. The molecule has 41 heavy (non-hydrogen) atoms. The van der Waals surface area contributed by atoms with E-state index in [0.717, 1.165) is 65.9 Å². The van der Waals surface area contributed by atoms with Gasteiger partial charge >= 0.3 is 5.69 Å². The molecular weight excluding hydrogens is 512 g/mol. The zero-order valence-electron chi connectivity index (χ0n) is 22.5. The highest BCUT2D eigenvalue weighted by Gasteiger charge is 2.21. The van der Waals surface area contributed by atoms with Crippen LogP contribution in [0.25, 0.3) is 44.5 Å². The maximum atomic E-state index is 11.6. The van der Waals surface area contributed by atoms with E-state index in [1.807, 2.05) is 30.3 Å². The molecule has 0 atom stereocenters. The van der Waals surface area contributed by atoms with Crippen molar-refractivity contribution in [1.82, 2.24) is 29.8 Å². The number of likely N-dealkylation sites (tertiary alicyclic amines) is 1. The summed E-state index contributed by atoms with van der Waals surface area (Å²) < 4.78 is 0. The zero-order valence-corrected chi connectivity index (χ0v) is 22.5. The van der Waals surface area contributed by atoms with Crippen molar-refractivity contribution in [2.75, 3.05) is 24.6 Å². The molecule has 1 aliphatic rings. The molecule has 4 heterocycles. The monoisotopic (exact) mass is 542 g/mol. The van der Waals surface area contributed by atoms with Crippen LogP contribution in [0.1, 0.15) is 29.9 Å². The van der Waals surface area contributed by atoms with Gasteiger partial charge in [-0.15, -0.1) is 0 Å². The number of nitrogens with two attached hydrogens (primary N) is 2. The van der Waals surface area contributed by atoms with Crippen molar-refractivity contribution in [1.29, 1.82) is 0 Å². The minimum atomic E-state index is -0.158. The number of benzene rings is 3. The van der Waals surface area contributed by atoms with Gasteiger partial charge in [-0.05, 0) is 66.7 Å². The third-order valence-electron chi connectivity index (χ3n) is 8.05. The third kappa shape index (κ3) is 4.92. The lowest BCUT2D eigenvalue weighted by Crippen LogP contribution is -2.32. The molecule has 0 saturated carbocycles. The summed E-state index contributed by atoms with van der Waals surface area (Å²) in [5, 5.41) is 0.683. The Labute approximate surface area is 236 Å². The van der Waals surface area contributed by atoms with Crippen LogP contribution in [0.3, 0.4) is 0 Å². The number of piperidine rings is 1. The highest BCUT2D eigenvalue weighted by atomic mass is 16.1. The van der Waals surface area contributed by atoms with Crippen molar-refractivity contribution in [3.8, 4) is 22.4 Å². The number of hydrogen-bond acceptors (Lipinski definition) is 7. The second-order valence-electron chi connectivity index (χ2n) is 10.7. The lowest BCUT2D eigenvalue weighted by molar-refractivity contribution is 0.204. The molecule has 0 aliphatic carbocycles. The van der Waals surface area contributed by atoms with Crippen molar-refractivity contribution in [3.05, 3.63) is 100 Å². The van der Waals surface area contributed by atoms with Crippen molar-refractivity contribution in [2.24, 2.45) is 0 Å². The number of imidazole rings is 1. The van der Waals surface area contributed by atoms with Crippen LogP contribution in [0.2, 0.25) is 0 Å². The number of aromatic nitrogens is 5. The summed E-state index contributed by atoms with van der Waals surface area (Å²) >= 11 is 0.